The van der Waals surface area contributed by atoms with Gasteiger partial charge >= 0.3 is 5.69 Å². The third-order valence-electron chi connectivity index (χ3n) is 3.02. The van der Waals surface area contributed by atoms with Crippen molar-refractivity contribution in [3.63, 3.8) is 0 Å². The van der Waals surface area contributed by atoms with Crippen molar-refractivity contribution in [3.05, 3.63) is 46.0 Å². The van der Waals surface area contributed by atoms with Crippen LogP contribution in [0.3, 0.4) is 0 Å². The SMILES string of the molecule is Cn1c(CCCc2ccc(O)cc2)c(O)[nH]c1=O. The van der Waals surface area contributed by atoms with Crippen LogP contribution in [0, 0.1) is 0 Å². The van der Waals surface area contributed by atoms with Crippen molar-refractivity contribution < 1.29 is 10.2 Å². The zero-order valence-electron chi connectivity index (χ0n) is 10.2. The molecule has 0 amide bonds. The third kappa shape index (κ3) is 2.56. The summed E-state index contributed by atoms with van der Waals surface area (Å²) in [4.78, 5) is 13.6. The average Bonchev–Trinajstić information content (AvgIpc) is 2.58. The predicted octanol–water partition coefficient (Wildman–Crippen LogP) is 1.30. The summed E-state index contributed by atoms with van der Waals surface area (Å²) in [5.41, 5.74) is 1.44. The lowest BCUT2D eigenvalue weighted by atomic mass is 10.1. The molecule has 5 heteroatoms. The maximum absolute atomic E-state index is 11.3. The number of hydrogen-bond acceptors (Lipinski definition) is 3. The molecule has 96 valence electrons. The minimum Gasteiger partial charge on any atom is -0.508 e. The van der Waals surface area contributed by atoms with Crippen LogP contribution in [-0.2, 0) is 19.9 Å². The summed E-state index contributed by atoms with van der Waals surface area (Å²) in [6, 6.07) is 7.04. The van der Waals surface area contributed by atoms with Gasteiger partial charge in [-0.2, -0.15) is 0 Å². The fourth-order valence-corrected chi connectivity index (χ4v) is 1.95. The Morgan fingerprint density at radius 3 is 2.39 bits per heavy atom. The fourth-order valence-electron chi connectivity index (χ4n) is 1.95. The summed E-state index contributed by atoms with van der Waals surface area (Å²) < 4.78 is 1.42. The second-order valence-corrected chi connectivity index (χ2v) is 4.30. The number of H-pyrrole nitrogens is 1. The molecule has 0 aliphatic heterocycles. The number of rotatable bonds is 4. The van der Waals surface area contributed by atoms with E-state index in [2.05, 4.69) is 4.98 Å². The molecule has 3 N–H and O–H groups in total. The molecular weight excluding hydrogens is 232 g/mol. The molecule has 0 aliphatic carbocycles. The zero-order valence-corrected chi connectivity index (χ0v) is 10.2. The Bertz CT molecular complexity index is 581. The number of aromatic hydroxyl groups is 2. The van der Waals surface area contributed by atoms with Crippen LogP contribution in [0.4, 0.5) is 0 Å². The van der Waals surface area contributed by atoms with Gasteiger partial charge in [0.2, 0.25) is 5.88 Å². The number of hydrogen-bond donors (Lipinski definition) is 3. The molecule has 2 rings (SSSR count). The lowest BCUT2D eigenvalue weighted by molar-refractivity contribution is 0.446. The number of phenols is 1. The molecule has 0 aliphatic rings. The number of nitrogens with one attached hydrogen (secondary N) is 1. The standard InChI is InChI=1S/C13H16N2O3/c1-15-11(12(17)14-13(15)18)4-2-3-9-5-7-10(16)8-6-9/h5-8,16-17H,2-4H2,1H3,(H,14,18). The van der Waals surface area contributed by atoms with Crippen molar-refractivity contribution in [2.75, 3.05) is 0 Å². The van der Waals surface area contributed by atoms with E-state index in [1.807, 2.05) is 12.1 Å². The quantitative estimate of drug-likeness (QED) is 0.763. The highest BCUT2D eigenvalue weighted by atomic mass is 16.3. The molecule has 0 unspecified atom stereocenters. The van der Waals surface area contributed by atoms with Gasteiger partial charge in [0, 0.05) is 7.05 Å². The van der Waals surface area contributed by atoms with Crippen LogP contribution in [0.15, 0.2) is 29.1 Å². The summed E-state index contributed by atoms with van der Waals surface area (Å²) in [5, 5.41) is 18.7. The van der Waals surface area contributed by atoms with Crippen molar-refractivity contribution in [1.29, 1.82) is 0 Å². The van der Waals surface area contributed by atoms with Crippen molar-refractivity contribution >= 4 is 0 Å². The smallest absolute Gasteiger partial charge is 0.328 e. The molecule has 0 spiro atoms. The van der Waals surface area contributed by atoms with Gasteiger partial charge in [-0.05, 0) is 37.0 Å². The normalized spacial score (nSPS) is 10.7. The lowest BCUT2D eigenvalue weighted by Crippen LogP contribution is -2.14. The number of aromatic amines is 1. The van der Waals surface area contributed by atoms with E-state index in [-0.39, 0.29) is 17.3 Å². The Hall–Kier alpha value is -2.17. The van der Waals surface area contributed by atoms with Crippen molar-refractivity contribution in [1.82, 2.24) is 9.55 Å². The second kappa shape index (κ2) is 5.00. The van der Waals surface area contributed by atoms with Gasteiger partial charge in [-0.3, -0.25) is 9.55 Å². The largest absolute Gasteiger partial charge is 0.508 e. The van der Waals surface area contributed by atoms with Crippen molar-refractivity contribution in [2.45, 2.75) is 19.3 Å². The molecule has 0 bridgehead atoms. The van der Waals surface area contributed by atoms with Crippen LogP contribution < -0.4 is 5.69 Å². The van der Waals surface area contributed by atoms with Gasteiger partial charge in [0.05, 0.1) is 5.69 Å². The van der Waals surface area contributed by atoms with Crippen LogP contribution >= 0.6 is 0 Å². The van der Waals surface area contributed by atoms with Gasteiger partial charge in [-0.25, -0.2) is 4.79 Å². The molecule has 0 saturated heterocycles. The van der Waals surface area contributed by atoms with Gasteiger partial charge in [-0.1, -0.05) is 12.1 Å². The molecule has 0 saturated carbocycles. The molecule has 5 nitrogen and oxygen atoms in total. The minimum atomic E-state index is -0.299. The van der Waals surface area contributed by atoms with E-state index in [4.69, 9.17) is 5.11 Å². The minimum absolute atomic E-state index is 0.0480. The van der Waals surface area contributed by atoms with Gasteiger partial charge in [0.15, 0.2) is 0 Å². The predicted molar refractivity (Wildman–Crippen MR) is 67.8 cm³/mol. The molecule has 1 aromatic carbocycles. The average molecular weight is 248 g/mol. The number of aryl methyl sites for hydroxylation is 1. The van der Waals surface area contributed by atoms with Crippen molar-refractivity contribution in [3.8, 4) is 11.6 Å². The monoisotopic (exact) mass is 248 g/mol. The maximum Gasteiger partial charge on any atom is 0.328 e. The zero-order chi connectivity index (χ0) is 13.1. The third-order valence-corrected chi connectivity index (χ3v) is 3.02. The first-order valence-electron chi connectivity index (χ1n) is 5.82. The molecule has 18 heavy (non-hydrogen) atoms. The molecule has 0 radical (unpaired) electrons. The molecule has 1 heterocycles. The summed E-state index contributed by atoms with van der Waals surface area (Å²) in [5.74, 6) is 0.206. The lowest BCUT2D eigenvalue weighted by Gasteiger charge is -2.03. The molecule has 0 atom stereocenters. The second-order valence-electron chi connectivity index (χ2n) is 4.30. The van der Waals surface area contributed by atoms with Crippen molar-refractivity contribution in [2.24, 2.45) is 7.05 Å². The van der Waals surface area contributed by atoms with E-state index < -0.39 is 0 Å². The first-order valence-corrected chi connectivity index (χ1v) is 5.82. The first kappa shape index (κ1) is 12.3. The summed E-state index contributed by atoms with van der Waals surface area (Å²) in [7, 11) is 1.63. The highest BCUT2D eigenvalue weighted by molar-refractivity contribution is 5.26. The number of aromatic nitrogens is 2. The Kier molecular flexibility index (Phi) is 3.41. The summed E-state index contributed by atoms with van der Waals surface area (Å²) in [6.45, 7) is 0. The van der Waals surface area contributed by atoms with Crippen LogP contribution in [0.5, 0.6) is 11.6 Å². The first-order chi connectivity index (χ1) is 8.58. The van der Waals surface area contributed by atoms with Crippen LogP contribution in [0.25, 0.3) is 0 Å². The topological polar surface area (TPSA) is 78.2 Å². The Morgan fingerprint density at radius 1 is 1.17 bits per heavy atom. The number of nitrogens with zero attached hydrogens (tertiary/aromatic N) is 1. The summed E-state index contributed by atoms with van der Waals surface area (Å²) in [6.07, 6.45) is 2.28. The van der Waals surface area contributed by atoms with Crippen LogP contribution in [0.2, 0.25) is 0 Å². The fraction of sp³-hybridized carbons (Fsp3) is 0.308. The van der Waals surface area contributed by atoms with Gasteiger partial charge in [-0.15, -0.1) is 0 Å². The number of imidazole rings is 1. The van der Waals surface area contributed by atoms with Gasteiger partial charge in [0.25, 0.3) is 0 Å². The van der Waals surface area contributed by atoms with E-state index in [0.29, 0.717) is 12.1 Å². The molecule has 2 aromatic rings. The Labute approximate surface area is 104 Å². The van der Waals surface area contributed by atoms with Gasteiger partial charge in [0.1, 0.15) is 5.75 Å². The van der Waals surface area contributed by atoms with Gasteiger partial charge < -0.3 is 10.2 Å². The number of phenolic OH excluding ortho intramolecular Hbond substituents is 1. The highest BCUT2D eigenvalue weighted by Gasteiger charge is 2.09. The molecule has 1 aromatic heterocycles. The van der Waals surface area contributed by atoms with E-state index in [9.17, 15) is 9.90 Å². The Morgan fingerprint density at radius 2 is 1.83 bits per heavy atom. The van der Waals surface area contributed by atoms with E-state index in [1.165, 1.54) is 4.57 Å². The maximum atomic E-state index is 11.3. The molecular formula is C13H16N2O3. The van der Waals surface area contributed by atoms with Crippen LogP contribution in [0.1, 0.15) is 17.7 Å². The summed E-state index contributed by atoms with van der Waals surface area (Å²) >= 11 is 0. The number of benzene rings is 1. The molecule has 0 fully saturated rings. The van der Waals surface area contributed by atoms with Crippen LogP contribution in [-0.4, -0.2) is 19.8 Å². The highest BCUT2D eigenvalue weighted by Crippen LogP contribution is 2.15. The van der Waals surface area contributed by atoms with E-state index in [0.717, 1.165) is 18.4 Å². The van der Waals surface area contributed by atoms with E-state index >= 15 is 0 Å². The Balaban J connectivity index is 1.96. The van der Waals surface area contributed by atoms with E-state index in [1.54, 1.807) is 19.2 Å².